The van der Waals surface area contributed by atoms with Gasteiger partial charge in [0.1, 0.15) is 0 Å². The van der Waals surface area contributed by atoms with Gasteiger partial charge in [-0.15, -0.1) is 0 Å². The average Bonchev–Trinajstić information content (AvgIpc) is 2.65. The van der Waals surface area contributed by atoms with Gasteiger partial charge in [-0.1, -0.05) is 11.6 Å². The SMILES string of the molecule is Cc1cc(Cl)c(N)cc1S(=O)(=O)N1C[C@@H](O)[C@@H](O)C1. The maximum Gasteiger partial charge on any atom is 0.243 e. The fourth-order valence-electron chi connectivity index (χ4n) is 2.02. The first-order valence-corrected chi connectivity index (χ1v) is 7.47. The van der Waals surface area contributed by atoms with E-state index in [-0.39, 0.29) is 28.7 Å². The molecule has 6 nitrogen and oxygen atoms in total. The quantitative estimate of drug-likeness (QED) is 0.665. The van der Waals surface area contributed by atoms with Crippen molar-refractivity contribution in [2.45, 2.75) is 24.0 Å². The van der Waals surface area contributed by atoms with Crippen LogP contribution in [-0.2, 0) is 10.0 Å². The number of aryl methyl sites for hydroxylation is 1. The Kier molecular flexibility index (Phi) is 3.76. The van der Waals surface area contributed by atoms with Gasteiger partial charge >= 0.3 is 0 Å². The Labute approximate surface area is 116 Å². The number of hydrogen-bond donors (Lipinski definition) is 3. The highest BCUT2D eigenvalue weighted by atomic mass is 35.5. The third-order valence-corrected chi connectivity index (χ3v) is 5.44. The standard InChI is InChI=1S/C11H15ClN2O4S/c1-6-2-7(12)8(13)3-11(6)19(17,18)14-4-9(15)10(16)5-14/h2-3,9-10,15-16H,4-5,13H2,1H3/t9-,10+. The van der Waals surface area contributed by atoms with Crippen molar-refractivity contribution in [1.82, 2.24) is 4.31 Å². The molecule has 8 heteroatoms. The van der Waals surface area contributed by atoms with Crippen molar-refractivity contribution in [3.05, 3.63) is 22.7 Å². The lowest BCUT2D eigenvalue weighted by Gasteiger charge is -2.18. The summed E-state index contributed by atoms with van der Waals surface area (Å²) in [6.45, 7) is 1.35. The molecule has 0 aliphatic carbocycles. The molecule has 0 spiro atoms. The lowest BCUT2D eigenvalue weighted by molar-refractivity contribution is 0.0572. The first-order valence-electron chi connectivity index (χ1n) is 5.65. The van der Waals surface area contributed by atoms with Gasteiger partial charge in [0.15, 0.2) is 0 Å². The molecule has 1 aliphatic heterocycles. The van der Waals surface area contributed by atoms with Crippen LogP contribution in [0.3, 0.4) is 0 Å². The monoisotopic (exact) mass is 306 g/mol. The van der Waals surface area contributed by atoms with Gasteiger partial charge in [0.05, 0.1) is 27.8 Å². The number of halogens is 1. The fraction of sp³-hybridized carbons (Fsp3) is 0.455. The van der Waals surface area contributed by atoms with E-state index in [9.17, 15) is 18.6 Å². The van der Waals surface area contributed by atoms with Crippen LogP contribution < -0.4 is 5.73 Å². The van der Waals surface area contributed by atoms with Gasteiger partial charge in [0.25, 0.3) is 0 Å². The van der Waals surface area contributed by atoms with Crippen LogP contribution in [0, 0.1) is 6.92 Å². The van der Waals surface area contributed by atoms with Gasteiger partial charge in [0, 0.05) is 13.1 Å². The van der Waals surface area contributed by atoms with Crippen LogP contribution in [0.1, 0.15) is 5.56 Å². The molecule has 4 N–H and O–H groups in total. The summed E-state index contributed by atoms with van der Waals surface area (Å²) in [5.74, 6) is 0. The van der Waals surface area contributed by atoms with E-state index in [1.54, 1.807) is 6.92 Å². The molecule has 2 rings (SSSR count). The molecule has 0 saturated carbocycles. The summed E-state index contributed by atoms with van der Waals surface area (Å²) in [5.41, 5.74) is 6.27. The maximum absolute atomic E-state index is 12.4. The molecule has 0 unspecified atom stereocenters. The minimum absolute atomic E-state index is 0.0377. The number of aliphatic hydroxyl groups is 2. The van der Waals surface area contributed by atoms with Gasteiger partial charge in [-0.25, -0.2) is 8.42 Å². The van der Waals surface area contributed by atoms with Crippen LogP contribution in [0.25, 0.3) is 0 Å². The Bertz CT molecular complexity index is 595. The molecular formula is C11H15ClN2O4S. The zero-order valence-corrected chi connectivity index (χ0v) is 11.8. The van der Waals surface area contributed by atoms with Crippen molar-refractivity contribution in [1.29, 1.82) is 0 Å². The van der Waals surface area contributed by atoms with Crippen molar-refractivity contribution in [2.24, 2.45) is 0 Å². The van der Waals surface area contributed by atoms with Crippen molar-refractivity contribution >= 4 is 27.3 Å². The number of nitrogens with two attached hydrogens (primary N) is 1. The summed E-state index contributed by atoms with van der Waals surface area (Å²) >= 11 is 5.83. The van der Waals surface area contributed by atoms with Crippen molar-refractivity contribution in [3.63, 3.8) is 0 Å². The van der Waals surface area contributed by atoms with Crippen LogP contribution in [0.4, 0.5) is 5.69 Å². The van der Waals surface area contributed by atoms with Crippen LogP contribution >= 0.6 is 11.6 Å². The molecule has 1 aliphatic rings. The Morgan fingerprint density at radius 3 is 2.37 bits per heavy atom. The Hall–Kier alpha value is -0.860. The van der Waals surface area contributed by atoms with E-state index in [4.69, 9.17) is 17.3 Å². The zero-order chi connectivity index (χ0) is 14.4. The van der Waals surface area contributed by atoms with Crippen molar-refractivity contribution in [2.75, 3.05) is 18.8 Å². The second kappa shape index (κ2) is 4.92. The van der Waals surface area contributed by atoms with E-state index >= 15 is 0 Å². The smallest absolute Gasteiger partial charge is 0.243 e. The third-order valence-electron chi connectivity index (χ3n) is 3.14. The number of anilines is 1. The molecule has 19 heavy (non-hydrogen) atoms. The van der Waals surface area contributed by atoms with E-state index in [0.717, 1.165) is 4.31 Å². The van der Waals surface area contributed by atoms with Crippen LogP contribution in [0.5, 0.6) is 0 Å². The van der Waals surface area contributed by atoms with Gasteiger partial charge in [-0.2, -0.15) is 4.31 Å². The topological polar surface area (TPSA) is 104 Å². The molecule has 106 valence electrons. The van der Waals surface area contributed by atoms with Gasteiger partial charge in [-0.05, 0) is 24.6 Å². The Morgan fingerprint density at radius 1 is 1.32 bits per heavy atom. The van der Waals surface area contributed by atoms with Gasteiger partial charge < -0.3 is 15.9 Å². The highest BCUT2D eigenvalue weighted by molar-refractivity contribution is 7.89. The average molecular weight is 307 g/mol. The molecule has 0 radical (unpaired) electrons. The summed E-state index contributed by atoms with van der Waals surface area (Å²) in [6.07, 6.45) is -2.14. The van der Waals surface area contributed by atoms with Gasteiger partial charge in [0.2, 0.25) is 10.0 Å². The van der Waals surface area contributed by atoms with E-state index < -0.39 is 22.2 Å². The molecule has 1 aromatic carbocycles. The third kappa shape index (κ3) is 2.56. The molecule has 1 fully saturated rings. The Balaban J connectivity index is 2.43. The number of aliphatic hydroxyl groups excluding tert-OH is 2. The largest absolute Gasteiger partial charge is 0.397 e. The fourth-order valence-corrected chi connectivity index (χ4v) is 3.95. The summed E-state index contributed by atoms with van der Waals surface area (Å²) in [6, 6.07) is 2.77. The first-order chi connectivity index (χ1) is 8.73. The minimum Gasteiger partial charge on any atom is -0.397 e. The summed E-state index contributed by atoms with van der Waals surface area (Å²) < 4.78 is 25.9. The van der Waals surface area contributed by atoms with Crippen LogP contribution in [-0.4, -0.2) is 48.2 Å². The lowest BCUT2D eigenvalue weighted by Crippen LogP contribution is -2.30. The second-order valence-corrected chi connectivity index (χ2v) is 6.91. The minimum atomic E-state index is -3.80. The first kappa shape index (κ1) is 14.5. The molecule has 1 heterocycles. The van der Waals surface area contributed by atoms with E-state index in [1.807, 2.05) is 0 Å². The summed E-state index contributed by atoms with van der Waals surface area (Å²) in [5, 5.41) is 19.2. The van der Waals surface area contributed by atoms with E-state index in [1.165, 1.54) is 12.1 Å². The predicted octanol–water partition coefficient (Wildman–Crippen LogP) is -0.0433. The lowest BCUT2D eigenvalue weighted by atomic mass is 10.2. The van der Waals surface area contributed by atoms with E-state index in [0.29, 0.717) is 5.56 Å². The summed E-state index contributed by atoms with van der Waals surface area (Å²) in [4.78, 5) is 0.0377. The van der Waals surface area contributed by atoms with Crippen LogP contribution in [0.2, 0.25) is 5.02 Å². The normalized spacial score (nSPS) is 24.8. The number of nitrogens with zero attached hydrogens (tertiary/aromatic N) is 1. The molecule has 0 bridgehead atoms. The number of hydrogen-bond acceptors (Lipinski definition) is 5. The maximum atomic E-state index is 12.4. The predicted molar refractivity (Wildman–Crippen MR) is 71.4 cm³/mol. The Morgan fingerprint density at radius 2 is 1.84 bits per heavy atom. The highest BCUT2D eigenvalue weighted by Crippen LogP contribution is 2.29. The number of nitrogen functional groups attached to an aromatic ring is 1. The van der Waals surface area contributed by atoms with Gasteiger partial charge in [-0.3, -0.25) is 0 Å². The number of rotatable bonds is 2. The van der Waals surface area contributed by atoms with Crippen molar-refractivity contribution in [3.8, 4) is 0 Å². The van der Waals surface area contributed by atoms with Crippen molar-refractivity contribution < 1.29 is 18.6 Å². The molecule has 0 aromatic heterocycles. The molecule has 1 aromatic rings. The molecule has 2 atom stereocenters. The second-order valence-electron chi connectivity index (χ2n) is 4.60. The summed E-state index contributed by atoms with van der Waals surface area (Å²) in [7, 11) is -3.80. The highest BCUT2D eigenvalue weighted by Gasteiger charge is 2.38. The molecular weight excluding hydrogens is 292 g/mol. The molecule has 1 saturated heterocycles. The zero-order valence-electron chi connectivity index (χ0n) is 10.2. The number of β-amino-alcohol motifs (C(OH)–C–C–N with tert-alkyl or cyclic N) is 2. The van der Waals surface area contributed by atoms with E-state index in [2.05, 4.69) is 0 Å². The number of benzene rings is 1. The van der Waals surface area contributed by atoms with Crippen LogP contribution in [0.15, 0.2) is 17.0 Å². The molecule has 0 amide bonds. The number of sulfonamides is 1.